The maximum absolute atomic E-state index is 5.06. The molecule has 1 N–H and O–H groups in total. The Labute approximate surface area is 101 Å². The van der Waals surface area contributed by atoms with Crippen molar-refractivity contribution in [1.29, 1.82) is 0 Å². The van der Waals surface area contributed by atoms with Crippen LogP contribution in [0.15, 0.2) is 27.1 Å². The Morgan fingerprint density at radius 1 is 1.36 bits per heavy atom. The molecular formula is C10H13Br2NO. The first kappa shape index (κ1) is 12.0. The minimum atomic E-state index is 0.287. The van der Waals surface area contributed by atoms with Gasteiger partial charge in [0, 0.05) is 22.1 Å². The second kappa shape index (κ2) is 5.73. The normalized spacial score (nSPS) is 12.6. The van der Waals surface area contributed by atoms with Crippen LogP contribution in [0.3, 0.4) is 0 Å². The second-order valence-electron chi connectivity index (χ2n) is 3.10. The van der Waals surface area contributed by atoms with Crippen LogP contribution in [-0.2, 0) is 4.74 Å². The van der Waals surface area contributed by atoms with Crippen LogP contribution in [0, 0.1) is 0 Å². The third-order valence-corrected chi connectivity index (χ3v) is 3.09. The third-order valence-electron chi connectivity index (χ3n) is 1.77. The molecule has 0 spiro atoms. The molecule has 4 heteroatoms. The molecule has 1 aromatic carbocycles. The zero-order valence-corrected chi connectivity index (χ0v) is 11.4. The van der Waals surface area contributed by atoms with Gasteiger partial charge in [0.15, 0.2) is 0 Å². The first-order chi connectivity index (χ1) is 6.65. The monoisotopic (exact) mass is 321 g/mol. The van der Waals surface area contributed by atoms with Gasteiger partial charge in [-0.1, -0.05) is 6.07 Å². The number of nitrogens with one attached hydrogen (secondary N) is 1. The van der Waals surface area contributed by atoms with Crippen molar-refractivity contribution in [2.75, 3.05) is 19.0 Å². The van der Waals surface area contributed by atoms with Gasteiger partial charge in [0.1, 0.15) is 0 Å². The van der Waals surface area contributed by atoms with Crippen LogP contribution in [-0.4, -0.2) is 19.8 Å². The van der Waals surface area contributed by atoms with Gasteiger partial charge in [0.05, 0.1) is 12.3 Å². The average Bonchev–Trinajstić information content (AvgIpc) is 2.12. The minimum absolute atomic E-state index is 0.287. The molecule has 0 fully saturated rings. The number of methoxy groups -OCH3 is 1. The second-order valence-corrected chi connectivity index (χ2v) is 4.81. The van der Waals surface area contributed by atoms with E-state index in [4.69, 9.17) is 4.74 Å². The molecule has 2 nitrogen and oxygen atoms in total. The van der Waals surface area contributed by atoms with Crippen molar-refractivity contribution in [2.24, 2.45) is 0 Å². The van der Waals surface area contributed by atoms with E-state index in [2.05, 4.69) is 44.1 Å². The molecule has 0 radical (unpaired) electrons. The number of benzene rings is 1. The fraction of sp³-hybridized carbons (Fsp3) is 0.400. The van der Waals surface area contributed by atoms with E-state index in [0.717, 1.165) is 14.6 Å². The average molecular weight is 323 g/mol. The molecule has 1 atom stereocenters. The van der Waals surface area contributed by atoms with Crippen LogP contribution in [0.2, 0.25) is 0 Å². The summed E-state index contributed by atoms with van der Waals surface area (Å²) in [6.07, 6.45) is 0. The highest BCUT2D eigenvalue weighted by Crippen LogP contribution is 2.30. The van der Waals surface area contributed by atoms with E-state index < -0.39 is 0 Å². The summed E-state index contributed by atoms with van der Waals surface area (Å²) in [4.78, 5) is 0. The van der Waals surface area contributed by atoms with Crippen molar-refractivity contribution in [1.82, 2.24) is 0 Å². The lowest BCUT2D eigenvalue weighted by Gasteiger charge is -2.16. The molecule has 0 saturated heterocycles. The summed E-state index contributed by atoms with van der Waals surface area (Å²) in [7, 11) is 1.70. The van der Waals surface area contributed by atoms with Crippen LogP contribution >= 0.6 is 31.9 Å². The number of anilines is 1. The smallest absolute Gasteiger partial charge is 0.0661 e. The molecule has 0 aliphatic heterocycles. The highest BCUT2D eigenvalue weighted by Gasteiger charge is 2.07. The first-order valence-corrected chi connectivity index (χ1v) is 5.93. The fourth-order valence-corrected chi connectivity index (χ4v) is 2.40. The Morgan fingerprint density at radius 2 is 1.93 bits per heavy atom. The quantitative estimate of drug-likeness (QED) is 0.913. The van der Waals surface area contributed by atoms with Gasteiger partial charge < -0.3 is 10.1 Å². The third kappa shape index (κ3) is 3.26. The van der Waals surface area contributed by atoms with E-state index in [-0.39, 0.29) is 6.04 Å². The topological polar surface area (TPSA) is 21.3 Å². The molecule has 1 rings (SSSR count). The first-order valence-electron chi connectivity index (χ1n) is 4.34. The predicted octanol–water partition coefficient (Wildman–Crippen LogP) is 3.66. The molecule has 0 aromatic heterocycles. The number of hydrogen-bond donors (Lipinski definition) is 1. The van der Waals surface area contributed by atoms with Crippen molar-refractivity contribution >= 4 is 37.5 Å². The van der Waals surface area contributed by atoms with E-state index in [0.29, 0.717) is 6.61 Å². The van der Waals surface area contributed by atoms with Crippen molar-refractivity contribution in [3.63, 3.8) is 0 Å². The highest BCUT2D eigenvalue weighted by atomic mass is 79.9. The van der Waals surface area contributed by atoms with Crippen molar-refractivity contribution in [2.45, 2.75) is 13.0 Å². The van der Waals surface area contributed by atoms with E-state index in [1.54, 1.807) is 7.11 Å². The molecule has 14 heavy (non-hydrogen) atoms. The van der Waals surface area contributed by atoms with Crippen LogP contribution in [0.4, 0.5) is 5.69 Å². The SMILES string of the molecule is COCC(C)Nc1c(Br)cccc1Br. The Bertz CT molecular complexity index is 284. The van der Waals surface area contributed by atoms with Gasteiger partial charge in [-0.15, -0.1) is 0 Å². The lowest BCUT2D eigenvalue weighted by atomic mass is 10.3. The molecule has 0 saturated carbocycles. The summed E-state index contributed by atoms with van der Waals surface area (Å²) < 4.78 is 7.16. The van der Waals surface area contributed by atoms with Crippen LogP contribution in [0.25, 0.3) is 0 Å². The number of halogens is 2. The molecule has 0 aliphatic carbocycles. The van der Waals surface area contributed by atoms with Gasteiger partial charge in [-0.05, 0) is 50.9 Å². The predicted molar refractivity (Wildman–Crippen MR) is 66.8 cm³/mol. The van der Waals surface area contributed by atoms with E-state index >= 15 is 0 Å². The summed E-state index contributed by atoms with van der Waals surface area (Å²) in [6.45, 7) is 2.77. The summed E-state index contributed by atoms with van der Waals surface area (Å²) in [5, 5.41) is 3.36. The zero-order valence-electron chi connectivity index (χ0n) is 8.18. The lowest BCUT2D eigenvalue weighted by Crippen LogP contribution is -2.21. The van der Waals surface area contributed by atoms with E-state index in [9.17, 15) is 0 Å². The Kier molecular flexibility index (Phi) is 4.92. The fourth-order valence-electron chi connectivity index (χ4n) is 1.17. The van der Waals surface area contributed by atoms with Gasteiger partial charge in [0.2, 0.25) is 0 Å². The maximum Gasteiger partial charge on any atom is 0.0661 e. The highest BCUT2D eigenvalue weighted by molar-refractivity contribution is 9.11. The van der Waals surface area contributed by atoms with Gasteiger partial charge in [0.25, 0.3) is 0 Å². The molecule has 78 valence electrons. The Morgan fingerprint density at radius 3 is 2.43 bits per heavy atom. The van der Waals surface area contributed by atoms with Crippen LogP contribution in [0.1, 0.15) is 6.92 Å². The number of para-hydroxylation sites is 1. The summed E-state index contributed by atoms with van der Waals surface area (Å²) >= 11 is 6.99. The minimum Gasteiger partial charge on any atom is -0.383 e. The lowest BCUT2D eigenvalue weighted by molar-refractivity contribution is 0.190. The van der Waals surface area contributed by atoms with Crippen LogP contribution in [0.5, 0.6) is 0 Å². The number of hydrogen-bond acceptors (Lipinski definition) is 2. The summed E-state index contributed by atoms with van der Waals surface area (Å²) in [5.74, 6) is 0. The number of rotatable bonds is 4. The molecule has 1 unspecified atom stereocenters. The molecule has 0 amide bonds. The van der Waals surface area contributed by atoms with E-state index in [1.807, 2.05) is 18.2 Å². The molecular weight excluding hydrogens is 310 g/mol. The van der Waals surface area contributed by atoms with E-state index in [1.165, 1.54) is 0 Å². The molecule has 0 aliphatic rings. The largest absolute Gasteiger partial charge is 0.383 e. The summed E-state index contributed by atoms with van der Waals surface area (Å²) in [6, 6.07) is 6.29. The number of ether oxygens (including phenoxy) is 1. The van der Waals surface area contributed by atoms with Crippen molar-refractivity contribution in [3.8, 4) is 0 Å². The van der Waals surface area contributed by atoms with Gasteiger partial charge >= 0.3 is 0 Å². The van der Waals surface area contributed by atoms with Crippen molar-refractivity contribution in [3.05, 3.63) is 27.1 Å². The molecule has 0 bridgehead atoms. The van der Waals surface area contributed by atoms with Gasteiger partial charge in [-0.25, -0.2) is 0 Å². The standard InChI is InChI=1S/C10H13Br2NO/c1-7(6-14-2)13-10-8(11)4-3-5-9(10)12/h3-5,7,13H,6H2,1-2H3. The Balaban J connectivity index is 2.75. The van der Waals surface area contributed by atoms with Crippen molar-refractivity contribution < 1.29 is 4.74 Å². The summed E-state index contributed by atoms with van der Waals surface area (Å²) in [5.41, 5.74) is 1.07. The zero-order chi connectivity index (χ0) is 10.6. The van der Waals surface area contributed by atoms with Gasteiger partial charge in [-0.3, -0.25) is 0 Å². The maximum atomic E-state index is 5.06. The van der Waals surface area contributed by atoms with Gasteiger partial charge in [-0.2, -0.15) is 0 Å². The van der Waals surface area contributed by atoms with Crippen LogP contribution < -0.4 is 5.32 Å². The molecule has 1 aromatic rings. The molecule has 0 heterocycles. The Hall–Kier alpha value is -0.0600.